The van der Waals surface area contributed by atoms with Crippen molar-refractivity contribution < 1.29 is 4.79 Å². The van der Waals surface area contributed by atoms with E-state index in [-0.39, 0.29) is 5.91 Å². The number of nitrogens with zero attached hydrogens (tertiary/aromatic N) is 5. The van der Waals surface area contributed by atoms with Crippen LogP contribution in [0.3, 0.4) is 0 Å². The second-order valence-electron chi connectivity index (χ2n) is 6.04. The minimum Gasteiger partial charge on any atom is -0.317 e. The van der Waals surface area contributed by atoms with E-state index < -0.39 is 5.54 Å². The van der Waals surface area contributed by atoms with Crippen LogP contribution in [0.2, 0.25) is 0 Å². The number of hydrogen-bond acceptors (Lipinski definition) is 5. The molecule has 1 aliphatic rings. The molecule has 1 aliphatic heterocycles. The molecule has 3 aromatic rings. The van der Waals surface area contributed by atoms with Gasteiger partial charge in [0, 0.05) is 37.1 Å². The normalized spacial score (nSPS) is 16.5. The van der Waals surface area contributed by atoms with Crippen LogP contribution in [0, 0.1) is 0 Å². The molecule has 0 saturated carbocycles. The largest absolute Gasteiger partial charge is 0.317 e. The van der Waals surface area contributed by atoms with Gasteiger partial charge in [0.1, 0.15) is 5.54 Å². The maximum Gasteiger partial charge on any atom is 0.253 e. The number of hydrogen-bond donors (Lipinski definition) is 2. The summed E-state index contributed by atoms with van der Waals surface area (Å²) in [4.78, 5) is 17.1. The molecular formula is C17H19N7O. The Kier molecular flexibility index (Phi) is 4.02. The first-order valence-corrected chi connectivity index (χ1v) is 8.26. The maximum atomic E-state index is 13.1. The summed E-state index contributed by atoms with van der Waals surface area (Å²) in [6, 6.07) is 7.35. The topological polar surface area (TPSA) is 89.7 Å². The summed E-state index contributed by atoms with van der Waals surface area (Å²) < 4.78 is 3.48. The summed E-state index contributed by atoms with van der Waals surface area (Å²) in [5.41, 5.74) is 0.203. The average molecular weight is 337 g/mol. The number of amides is 1. The molecule has 0 radical (unpaired) electrons. The van der Waals surface area contributed by atoms with E-state index in [9.17, 15) is 4.79 Å². The van der Waals surface area contributed by atoms with Crippen molar-refractivity contribution in [2.45, 2.75) is 18.4 Å². The van der Waals surface area contributed by atoms with Gasteiger partial charge in [-0.3, -0.25) is 14.5 Å². The molecule has 0 aliphatic carbocycles. The van der Waals surface area contributed by atoms with Crippen LogP contribution < -0.4 is 10.6 Å². The number of nitrogens with one attached hydrogen (secondary N) is 2. The molecule has 0 spiro atoms. The predicted molar refractivity (Wildman–Crippen MR) is 92.3 cm³/mol. The minimum atomic E-state index is -0.685. The van der Waals surface area contributed by atoms with E-state index in [1.807, 2.05) is 30.6 Å². The van der Waals surface area contributed by atoms with Crippen LogP contribution in [-0.2, 0) is 10.3 Å². The predicted octanol–water partition coefficient (Wildman–Crippen LogP) is 1.18. The van der Waals surface area contributed by atoms with E-state index in [0.717, 1.165) is 18.8 Å². The van der Waals surface area contributed by atoms with E-state index in [2.05, 4.69) is 25.8 Å². The molecule has 1 saturated heterocycles. The van der Waals surface area contributed by atoms with Gasteiger partial charge in [-0.1, -0.05) is 0 Å². The molecule has 128 valence electrons. The van der Waals surface area contributed by atoms with Crippen LogP contribution in [0.4, 0.5) is 5.82 Å². The quantitative estimate of drug-likeness (QED) is 0.746. The molecule has 0 aromatic carbocycles. The lowest BCUT2D eigenvalue weighted by Crippen LogP contribution is -2.52. The van der Waals surface area contributed by atoms with E-state index in [1.54, 1.807) is 34.0 Å². The Hall–Kier alpha value is -3.00. The number of carbonyl (C=O) groups is 1. The second kappa shape index (κ2) is 6.48. The zero-order valence-corrected chi connectivity index (χ0v) is 13.7. The lowest BCUT2D eigenvalue weighted by atomic mass is 9.87. The van der Waals surface area contributed by atoms with Gasteiger partial charge in [-0.05, 0) is 44.1 Å². The number of pyridine rings is 1. The number of anilines is 1. The fourth-order valence-electron chi connectivity index (χ4n) is 3.19. The molecule has 4 heterocycles. The van der Waals surface area contributed by atoms with Gasteiger partial charge in [0.25, 0.3) is 5.91 Å². The highest BCUT2D eigenvalue weighted by Gasteiger charge is 2.42. The fourth-order valence-corrected chi connectivity index (χ4v) is 3.19. The van der Waals surface area contributed by atoms with Gasteiger partial charge in [-0.2, -0.15) is 10.2 Å². The van der Waals surface area contributed by atoms with E-state index >= 15 is 0 Å². The van der Waals surface area contributed by atoms with Crippen LogP contribution in [-0.4, -0.2) is 43.5 Å². The molecule has 3 aromatic heterocycles. The maximum absolute atomic E-state index is 13.1. The molecule has 25 heavy (non-hydrogen) atoms. The van der Waals surface area contributed by atoms with Crippen molar-refractivity contribution in [3.63, 3.8) is 0 Å². The molecule has 8 nitrogen and oxygen atoms in total. The fraction of sp³-hybridized carbons (Fsp3) is 0.294. The first kappa shape index (κ1) is 15.5. The molecular weight excluding hydrogens is 318 g/mol. The van der Waals surface area contributed by atoms with Gasteiger partial charge in [0.05, 0.1) is 5.69 Å². The number of rotatable bonds is 4. The van der Waals surface area contributed by atoms with Crippen LogP contribution in [0.1, 0.15) is 12.8 Å². The van der Waals surface area contributed by atoms with Crippen molar-refractivity contribution >= 4 is 11.7 Å². The monoisotopic (exact) mass is 337 g/mol. The smallest absolute Gasteiger partial charge is 0.253 e. The van der Waals surface area contributed by atoms with Crippen molar-refractivity contribution in [3.05, 3.63) is 55.2 Å². The molecule has 0 atom stereocenters. The first-order valence-electron chi connectivity index (χ1n) is 8.26. The Morgan fingerprint density at radius 3 is 2.64 bits per heavy atom. The molecule has 0 bridgehead atoms. The molecule has 0 unspecified atom stereocenters. The van der Waals surface area contributed by atoms with Gasteiger partial charge in [0.2, 0.25) is 0 Å². The van der Waals surface area contributed by atoms with Crippen LogP contribution in [0.5, 0.6) is 0 Å². The van der Waals surface area contributed by atoms with Crippen molar-refractivity contribution in [2.75, 3.05) is 18.4 Å². The summed E-state index contributed by atoms with van der Waals surface area (Å²) in [6.07, 6.45) is 10.1. The summed E-state index contributed by atoms with van der Waals surface area (Å²) >= 11 is 0. The summed E-state index contributed by atoms with van der Waals surface area (Å²) in [6.45, 7) is 1.55. The summed E-state index contributed by atoms with van der Waals surface area (Å²) in [5, 5.41) is 15.0. The highest BCUT2D eigenvalue weighted by molar-refractivity contribution is 5.96. The third kappa shape index (κ3) is 2.91. The summed E-state index contributed by atoms with van der Waals surface area (Å²) in [5.74, 6) is 0.435. The lowest BCUT2D eigenvalue weighted by Gasteiger charge is -2.36. The highest BCUT2D eigenvalue weighted by atomic mass is 16.2. The number of carbonyl (C=O) groups excluding carboxylic acids is 1. The van der Waals surface area contributed by atoms with E-state index in [1.165, 1.54) is 0 Å². The van der Waals surface area contributed by atoms with E-state index in [4.69, 9.17) is 0 Å². The van der Waals surface area contributed by atoms with Gasteiger partial charge in [0.15, 0.2) is 5.82 Å². The van der Waals surface area contributed by atoms with Gasteiger partial charge >= 0.3 is 0 Å². The Labute approximate surface area is 144 Å². The van der Waals surface area contributed by atoms with Gasteiger partial charge in [-0.25, -0.2) is 4.68 Å². The highest BCUT2D eigenvalue weighted by Crippen LogP contribution is 2.28. The Bertz CT molecular complexity index is 835. The molecule has 1 fully saturated rings. The molecule has 1 amide bonds. The average Bonchev–Trinajstić information content (AvgIpc) is 3.35. The van der Waals surface area contributed by atoms with Crippen molar-refractivity contribution in [1.82, 2.24) is 29.9 Å². The third-order valence-electron chi connectivity index (χ3n) is 4.55. The molecule has 4 rings (SSSR count). The van der Waals surface area contributed by atoms with Gasteiger partial charge < -0.3 is 10.6 Å². The zero-order chi connectivity index (χ0) is 17.1. The minimum absolute atomic E-state index is 0.0855. The van der Waals surface area contributed by atoms with Gasteiger partial charge in [-0.15, -0.1) is 0 Å². The van der Waals surface area contributed by atoms with Crippen molar-refractivity contribution in [2.24, 2.45) is 0 Å². The standard InChI is InChI=1S/C17H19N7O/c25-16(17(5-10-19-11-6-17)24-12-1-7-20-24)21-15-4-13-23(22-15)14-2-8-18-9-3-14/h1-4,7-9,12-13,19H,5-6,10-11H2,(H,21,22,25). The SMILES string of the molecule is O=C(Nc1ccn(-c2ccncc2)n1)C1(n2cccn2)CCNCC1. The summed E-state index contributed by atoms with van der Waals surface area (Å²) in [7, 11) is 0. The van der Waals surface area contributed by atoms with Crippen LogP contribution in [0.25, 0.3) is 5.69 Å². The molecule has 8 heteroatoms. The second-order valence-corrected chi connectivity index (χ2v) is 6.04. The number of piperidine rings is 1. The first-order chi connectivity index (χ1) is 12.3. The van der Waals surface area contributed by atoms with E-state index in [0.29, 0.717) is 18.7 Å². The Morgan fingerprint density at radius 2 is 1.92 bits per heavy atom. The zero-order valence-electron chi connectivity index (χ0n) is 13.7. The Morgan fingerprint density at radius 1 is 1.12 bits per heavy atom. The Balaban J connectivity index is 1.57. The van der Waals surface area contributed by atoms with Crippen molar-refractivity contribution in [3.8, 4) is 5.69 Å². The van der Waals surface area contributed by atoms with Crippen molar-refractivity contribution in [1.29, 1.82) is 0 Å². The third-order valence-corrected chi connectivity index (χ3v) is 4.55. The lowest BCUT2D eigenvalue weighted by molar-refractivity contribution is -0.126. The van der Waals surface area contributed by atoms with Crippen LogP contribution in [0.15, 0.2) is 55.2 Å². The van der Waals surface area contributed by atoms with Crippen LogP contribution >= 0.6 is 0 Å². The number of aromatic nitrogens is 5. The molecule has 2 N–H and O–H groups in total.